The summed E-state index contributed by atoms with van der Waals surface area (Å²) in [7, 11) is 4.74. The molecule has 3 aromatic heterocycles. The molecule has 5 rings (SSSR count). The number of nitrogens with one attached hydrogen (secondary N) is 1. The second-order valence-electron chi connectivity index (χ2n) is 8.00. The molecule has 0 unspecified atom stereocenters. The number of hydrogen-bond donors (Lipinski definition) is 1. The van der Waals surface area contributed by atoms with Crippen molar-refractivity contribution in [2.75, 3.05) is 21.3 Å². The first-order valence-electron chi connectivity index (χ1n) is 11.2. The maximum atomic E-state index is 12.5. The van der Waals surface area contributed by atoms with E-state index in [2.05, 4.69) is 19.9 Å². The van der Waals surface area contributed by atoms with E-state index in [0.717, 1.165) is 35.5 Å². The van der Waals surface area contributed by atoms with E-state index in [1.807, 2.05) is 12.1 Å². The molecule has 4 aromatic rings. The number of ether oxygens (including phenoxy) is 3. The molecule has 0 saturated carbocycles. The molecule has 180 valence electrons. The Hall–Kier alpha value is -3.92. The summed E-state index contributed by atoms with van der Waals surface area (Å²) in [6.45, 7) is 0. The van der Waals surface area contributed by atoms with Crippen molar-refractivity contribution in [2.24, 2.45) is 5.10 Å². The van der Waals surface area contributed by atoms with Crippen LogP contribution >= 0.6 is 11.3 Å². The molecule has 0 fully saturated rings. The molecule has 0 saturated heterocycles. The van der Waals surface area contributed by atoms with E-state index >= 15 is 0 Å². The number of aromatic nitrogens is 3. The molecule has 1 aliphatic carbocycles. The fraction of sp³-hybridized carbons (Fsp3) is 0.280. The van der Waals surface area contributed by atoms with Gasteiger partial charge in [0, 0.05) is 28.5 Å². The van der Waals surface area contributed by atoms with Crippen molar-refractivity contribution >= 4 is 28.4 Å². The molecule has 9 nitrogen and oxygen atoms in total. The molecule has 0 aliphatic heterocycles. The molecule has 35 heavy (non-hydrogen) atoms. The molecule has 10 heteroatoms. The van der Waals surface area contributed by atoms with E-state index < -0.39 is 0 Å². The number of benzene rings is 1. The fourth-order valence-corrected chi connectivity index (χ4v) is 5.54. The Morgan fingerprint density at radius 3 is 2.60 bits per heavy atom. The lowest BCUT2D eigenvalue weighted by atomic mass is 10.0. The van der Waals surface area contributed by atoms with Crippen LogP contribution in [-0.4, -0.2) is 47.8 Å². The van der Waals surface area contributed by atoms with Gasteiger partial charge in [-0.2, -0.15) is 5.10 Å². The Kier molecular flexibility index (Phi) is 6.37. The average Bonchev–Trinajstić information content (AvgIpc) is 3.44. The molecule has 1 aromatic carbocycles. The first-order chi connectivity index (χ1) is 17.1. The summed E-state index contributed by atoms with van der Waals surface area (Å²) in [4.78, 5) is 23.7. The lowest BCUT2D eigenvalue weighted by molar-refractivity contribution is 0.0954. The van der Waals surface area contributed by atoms with E-state index in [9.17, 15) is 4.79 Å². The van der Waals surface area contributed by atoms with Crippen molar-refractivity contribution < 1.29 is 19.0 Å². The van der Waals surface area contributed by atoms with E-state index in [1.54, 1.807) is 57.2 Å². The highest BCUT2D eigenvalue weighted by molar-refractivity contribution is 7.17. The summed E-state index contributed by atoms with van der Waals surface area (Å²) in [5.74, 6) is 1.24. The summed E-state index contributed by atoms with van der Waals surface area (Å²) in [6.07, 6.45) is 9.10. The third-order valence-corrected chi connectivity index (χ3v) is 7.11. The van der Waals surface area contributed by atoms with Crippen LogP contribution in [0.3, 0.4) is 0 Å². The van der Waals surface area contributed by atoms with Crippen molar-refractivity contribution in [2.45, 2.75) is 25.7 Å². The summed E-state index contributed by atoms with van der Waals surface area (Å²) < 4.78 is 18.7. The van der Waals surface area contributed by atoms with Crippen LogP contribution in [0.1, 0.15) is 39.5 Å². The third-order valence-electron chi connectivity index (χ3n) is 5.97. The molecule has 0 radical (unpaired) electrons. The Balaban J connectivity index is 1.61. The topological polar surface area (TPSA) is 99.3 Å². The standard InChI is InChI=1S/C25H25N5O4S/c1-32-19-11-16(12-20(33-2)23(19)34-3)22-18(14-27-29-24(31)15-7-6-10-26-13-15)30-17-8-4-5-9-21(17)35-25(30)28-22/h6-7,10-14H,4-5,8-9H2,1-3H3,(H,29,31). The average molecular weight is 492 g/mol. The normalized spacial score (nSPS) is 13.1. The van der Waals surface area contributed by atoms with E-state index in [0.29, 0.717) is 28.5 Å². The van der Waals surface area contributed by atoms with Gasteiger partial charge < -0.3 is 14.2 Å². The van der Waals surface area contributed by atoms with Gasteiger partial charge in [0.15, 0.2) is 16.5 Å². The Morgan fingerprint density at radius 2 is 1.91 bits per heavy atom. The van der Waals surface area contributed by atoms with Crippen molar-refractivity contribution in [1.29, 1.82) is 0 Å². The molecular formula is C25H25N5O4S. The predicted molar refractivity (Wildman–Crippen MR) is 134 cm³/mol. The van der Waals surface area contributed by atoms with Crippen LogP contribution in [-0.2, 0) is 12.8 Å². The van der Waals surface area contributed by atoms with Crippen LogP contribution in [0.5, 0.6) is 17.2 Å². The second kappa shape index (κ2) is 9.75. The summed E-state index contributed by atoms with van der Waals surface area (Å²) >= 11 is 1.70. The highest BCUT2D eigenvalue weighted by atomic mass is 32.1. The second-order valence-corrected chi connectivity index (χ2v) is 9.06. The molecule has 0 atom stereocenters. The van der Waals surface area contributed by atoms with Crippen LogP contribution < -0.4 is 19.6 Å². The number of nitrogens with zero attached hydrogens (tertiary/aromatic N) is 4. The van der Waals surface area contributed by atoms with Gasteiger partial charge in [-0.1, -0.05) is 0 Å². The number of hydrazone groups is 1. The van der Waals surface area contributed by atoms with Crippen LogP contribution in [0, 0.1) is 0 Å². The quantitative estimate of drug-likeness (QED) is 0.308. The van der Waals surface area contributed by atoms with E-state index in [4.69, 9.17) is 19.2 Å². The van der Waals surface area contributed by atoms with Crippen molar-refractivity contribution in [3.63, 3.8) is 0 Å². The van der Waals surface area contributed by atoms with Crippen molar-refractivity contribution in [1.82, 2.24) is 19.8 Å². The van der Waals surface area contributed by atoms with Gasteiger partial charge in [0.05, 0.1) is 44.5 Å². The number of pyridine rings is 1. The Bertz CT molecular complexity index is 1390. The van der Waals surface area contributed by atoms with Crippen LogP contribution in [0.2, 0.25) is 0 Å². The first-order valence-corrected chi connectivity index (χ1v) is 12.0. The molecule has 1 N–H and O–H groups in total. The van der Waals surface area contributed by atoms with Gasteiger partial charge in [-0.3, -0.25) is 14.2 Å². The van der Waals surface area contributed by atoms with Crippen molar-refractivity contribution in [3.8, 4) is 28.5 Å². The Morgan fingerprint density at radius 1 is 1.14 bits per heavy atom. The molecule has 3 heterocycles. The zero-order chi connectivity index (χ0) is 24.4. The van der Waals surface area contributed by atoms with Gasteiger partial charge in [-0.25, -0.2) is 10.4 Å². The number of carbonyl (C=O) groups excluding carboxylic acids is 1. The van der Waals surface area contributed by atoms with Crippen LogP contribution in [0.25, 0.3) is 16.2 Å². The largest absolute Gasteiger partial charge is 0.493 e. The highest BCUT2D eigenvalue weighted by Crippen LogP contribution is 2.42. The minimum atomic E-state index is -0.336. The van der Waals surface area contributed by atoms with Gasteiger partial charge >= 0.3 is 0 Å². The maximum absolute atomic E-state index is 12.5. The number of thiazole rings is 1. The molecular weight excluding hydrogens is 466 g/mol. The minimum absolute atomic E-state index is 0.336. The number of aryl methyl sites for hydroxylation is 2. The summed E-state index contributed by atoms with van der Waals surface area (Å²) in [5.41, 5.74) is 6.56. The molecule has 1 aliphatic rings. The molecule has 0 bridgehead atoms. The number of imidazole rings is 1. The first kappa shape index (κ1) is 22.9. The van der Waals surface area contributed by atoms with Crippen molar-refractivity contribution in [3.05, 3.63) is 58.5 Å². The fourth-order valence-electron chi connectivity index (χ4n) is 4.32. The lowest BCUT2D eigenvalue weighted by Crippen LogP contribution is -2.18. The van der Waals surface area contributed by atoms with Gasteiger partial charge in [0.2, 0.25) is 5.75 Å². The third kappa shape index (κ3) is 4.21. The van der Waals surface area contributed by atoms with Crippen LogP contribution in [0.15, 0.2) is 41.8 Å². The molecule has 0 spiro atoms. The lowest BCUT2D eigenvalue weighted by Gasteiger charge is -2.14. The number of fused-ring (bicyclic) bond motifs is 3. The minimum Gasteiger partial charge on any atom is -0.493 e. The smallest absolute Gasteiger partial charge is 0.272 e. The monoisotopic (exact) mass is 491 g/mol. The maximum Gasteiger partial charge on any atom is 0.272 e. The van der Waals surface area contributed by atoms with Gasteiger partial charge in [0.25, 0.3) is 5.91 Å². The highest BCUT2D eigenvalue weighted by Gasteiger charge is 2.24. The zero-order valence-electron chi connectivity index (χ0n) is 19.7. The van der Waals surface area contributed by atoms with Gasteiger partial charge in [-0.15, -0.1) is 11.3 Å². The zero-order valence-corrected chi connectivity index (χ0v) is 20.5. The Labute approximate surface area is 206 Å². The number of rotatable bonds is 7. The van der Waals surface area contributed by atoms with Crippen LogP contribution in [0.4, 0.5) is 0 Å². The SMILES string of the molecule is COc1cc(-c2nc3sc4c(n3c2C=NNC(=O)c2cccnc2)CCCC4)cc(OC)c1OC. The predicted octanol–water partition coefficient (Wildman–Crippen LogP) is 4.13. The molecule has 1 amide bonds. The number of hydrogen-bond acceptors (Lipinski definition) is 8. The van der Waals surface area contributed by atoms with E-state index in [1.165, 1.54) is 23.2 Å². The number of amides is 1. The van der Waals surface area contributed by atoms with Gasteiger partial charge in [0.1, 0.15) is 0 Å². The van der Waals surface area contributed by atoms with Gasteiger partial charge in [-0.05, 0) is 49.9 Å². The van der Waals surface area contributed by atoms with E-state index in [-0.39, 0.29) is 5.91 Å². The summed E-state index contributed by atoms with van der Waals surface area (Å²) in [6, 6.07) is 7.13. The number of methoxy groups -OCH3 is 3. The summed E-state index contributed by atoms with van der Waals surface area (Å²) in [5, 5.41) is 4.28. The number of carbonyl (C=O) groups is 1.